The molecule has 0 bridgehead atoms. The number of rotatable bonds is 4. The zero-order valence-corrected chi connectivity index (χ0v) is 11.3. The maximum atomic E-state index is 11.9. The van der Waals surface area contributed by atoms with Crippen molar-refractivity contribution in [2.24, 2.45) is 0 Å². The molecule has 0 spiro atoms. The van der Waals surface area contributed by atoms with Gasteiger partial charge in [-0.1, -0.05) is 0 Å². The van der Waals surface area contributed by atoms with Crippen LogP contribution in [0.1, 0.15) is 12.8 Å². The fourth-order valence-corrected chi connectivity index (χ4v) is 1.99. The van der Waals surface area contributed by atoms with Crippen LogP contribution in [0.25, 0.3) is 5.82 Å². The molecular formula is C12H11N7O3. The van der Waals surface area contributed by atoms with E-state index in [0.717, 1.165) is 4.90 Å². The van der Waals surface area contributed by atoms with Crippen molar-refractivity contribution in [3.8, 4) is 5.82 Å². The average molecular weight is 301 g/mol. The second-order valence-corrected chi connectivity index (χ2v) is 4.52. The van der Waals surface area contributed by atoms with Gasteiger partial charge in [-0.15, -0.1) is 0 Å². The maximum Gasteiger partial charge on any atom is 0.245 e. The molecule has 1 fully saturated rings. The summed E-state index contributed by atoms with van der Waals surface area (Å²) in [4.78, 5) is 47.5. The van der Waals surface area contributed by atoms with E-state index in [0.29, 0.717) is 5.82 Å². The van der Waals surface area contributed by atoms with E-state index in [9.17, 15) is 14.4 Å². The number of carbonyl (C=O) groups is 3. The molecule has 0 atom stereocenters. The zero-order valence-electron chi connectivity index (χ0n) is 11.3. The molecule has 2 aromatic rings. The Hall–Kier alpha value is -3.17. The number of nitrogens with zero attached hydrogens (tertiary/aromatic N) is 6. The monoisotopic (exact) mass is 301 g/mol. The summed E-state index contributed by atoms with van der Waals surface area (Å²) >= 11 is 0. The van der Waals surface area contributed by atoms with Crippen LogP contribution in [-0.4, -0.2) is 53.9 Å². The Labute approximate surface area is 124 Å². The first kappa shape index (κ1) is 13.8. The van der Waals surface area contributed by atoms with Gasteiger partial charge in [-0.3, -0.25) is 19.3 Å². The first-order chi connectivity index (χ1) is 10.6. The summed E-state index contributed by atoms with van der Waals surface area (Å²) in [6.45, 7) is -0.319. The molecule has 0 aromatic carbocycles. The third-order valence-corrected chi connectivity index (χ3v) is 3.03. The highest BCUT2D eigenvalue weighted by Crippen LogP contribution is 2.12. The number of carbonyl (C=O) groups excluding carboxylic acids is 3. The zero-order chi connectivity index (χ0) is 15.5. The molecule has 10 heteroatoms. The summed E-state index contributed by atoms with van der Waals surface area (Å²) in [5.41, 5.74) is 0. The molecule has 0 saturated carbocycles. The van der Waals surface area contributed by atoms with Gasteiger partial charge in [0.25, 0.3) is 0 Å². The van der Waals surface area contributed by atoms with Crippen molar-refractivity contribution in [1.82, 2.24) is 29.6 Å². The van der Waals surface area contributed by atoms with Crippen LogP contribution in [0, 0.1) is 0 Å². The minimum Gasteiger partial charge on any atom is -0.309 e. The highest BCUT2D eigenvalue weighted by molar-refractivity contribution is 6.06. The standard InChI is InChI=1S/C12H11N7O3/c20-10(4-18-11(21)1-2-12(18)22)17-8-3-9(15-6-14-8)19-7-13-5-16-19/h3,5-7H,1-2,4H2,(H,14,15,17,20). The minimum absolute atomic E-state index is 0.149. The van der Waals surface area contributed by atoms with Crippen molar-refractivity contribution >= 4 is 23.5 Å². The van der Waals surface area contributed by atoms with Crippen molar-refractivity contribution < 1.29 is 14.4 Å². The highest BCUT2D eigenvalue weighted by Gasteiger charge is 2.30. The Morgan fingerprint density at radius 3 is 2.64 bits per heavy atom. The number of hydrogen-bond donors (Lipinski definition) is 1. The largest absolute Gasteiger partial charge is 0.309 e. The van der Waals surface area contributed by atoms with E-state index in [2.05, 4.69) is 25.4 Å². The third kappa shape index (κ3) is 2.80. The molecule has 0 radical (unpaired) electrons. The van der Waals surface area contributed by atoms with Gasteiger partial charge in [0.1, 0.15) is 31.3 Å². The molecule has 2 aromatic heterocycles. The van der Waals surface area contributed by atoms with Crippen LogP contribution in [0.3, 0.4) is 0 Å². The molecule has 22 heavy (non-hydrogen) atoms. The molecule has 1 N–H and O–H groups in total. The van der Waals surface area contributed by atoms with Crippen LogP contribution in [-0.2, 0) is 14.4 Å². The quantitative estimate of drug-likeness (QED) is 0.729. The van der Waals surface area contributed by atoms with E-state index in [1.807, 2.05) is 0 Å². The molecule has 112 valence electrons. The van der Waals surface area contributed by atoms with E-state index >= 15 is 0 Å². The number of anilines is 1. The Bertz CT molecular complexity index is 712. The molecule has 3 heterocycles. The predicted octanol–water partition coefficient (Wildman–Crippen LogP) is -0.855. The van der Waals surface area contributed by atoms with Crippen molar-refractivity contribution in [3.63, 3.8) is 0 Å². The fraction of sp³-hybridized carbons (Fsp3) is 0.250. The minimum atomic E-state index is -0.508. The first-order valence-corrected chi connectivity index (χ1v) is 6.43. The molecule has 1 aliphatic rings. The topological polar surface area (TPSA) is 123 Å². The number of aromatic nitrogens is 5. The molecule has 0 unspecified atom stereocenters. The Morgan fingerprint density at radius 2 is 1.95 bits per heavy atom. The van der Waals surface area contributed by atoms with Gasteiger partial charge >= 0.3 is 0 Å². The van der Waals surface area contributed by atoms with Crippen molar-refractivity contribution in [3.05, 3.63) is 25.0 Å². The third-order valence-electron chi connectivity index (χ3n) is 3.03. The van der Waals surface area contributed by atoms with Gasteiger partial charge in [-0.05, 0) is 0 Å². The molecule has 3 amide bonds. The predicted molar refractivity (Wildman–Crippen MR) is 71.5 cm³/mol. The summed E-state index contributed by atoms with van der Waals surface area (Å²) in [6.07, 6.45) is 4.37. The Morgan fingerprint density at radius 1 is 1.18 bits per heavy atom. The SMILES string of the molecule is O=C(CN1C(=O)CCC1=O)Nc1cc(-n2cncn2)ncn1. The lowest BCUT2D eigenvalue weighted by Gasteiger charge is -2.13. The van der Waals surface area contributed by atoms with Crippen LogP contribution in [0.2, 0.25) is 0 Å². The lowest BCUT2D eigenvalue weighted by molar-refractivity contribution is -0.141. The van der Waals surface area contributed by atoms with Crippen molar-refractivity contribution in [2.75, 3.05) is 11.9 Å². The summed E-state index contributed by atoms with van der Waals surface area (Å²) in [7, 11) is 0. The van der Waals surface area contributed by atoms with E-state index in [-0.39, 0.29) is 37.0 Å². The number of likely N-dealkylation sites (tertiary alicyclic amines) is 1. The molecule has 10 nitrogen and oxygen atoms in total. The Kier molecular flexibility index (Phi) is 3.56. The number of amides is 3. The summed E-state index contributed by atoms with van der Waals surface area (Å²) in [6, 6.07) is 1.50. The fourth-order valence-electron chi connectivity index (χ4n) is 1.99. The van der Waals surface area contributed by atoms with Crippen molar-refractivity contribution in [2.45, 2.75) is 12.8 Å². The van der Waals surface area contributed by atoms with Gasteiger partial charge < -0.3 is 5.32 Å². The molecule has 1 saturated heterocycles. The molecule has 1 aliphatic heterocycles. The lowest BCUT2D eigenvalue weighted by Crippen LogP contribution is -2.37. The summed E-state index contributed by atoms with van der Waals surface area (Å²) in [5, 5.41) is 6.43. The van der Waals surface area contributed by atoms with Gasteiger partial charge in [0.15, 0.2) is 5.82 Å². The van der Waals surface area contributed by atoms with E-state index in [1.165, 1.54) is 29.7 Å². The molecular weight excluding hydrogens is 290 g/mol. The van der Waals surface area contributed by atoms with E-state index < -0.39 is 5.91 Å². The number of hydrogen-bond acceptors (Lipinski definition) is 7. The first-order valence-electron chi connectivity index (χ1n) is 6.43. The van der Waals surface area contributed by atoms with Crippen LogP contribution in [0.5, 0.6) is 0 Å². The van der Waals surface area contributed by atoms with Gasteiger partial charge in [0.05, 0.1) is 0 Å². The number of nitrogens with one attached hydrogen (secondary N) is 1. The lowest BCUT2D eigenvalue weighted by atomic mass is 10.4. The summed E-state index contributed by atoms with van der Waals surface area (Å²) in [5.74, 6) is -0.523. The molecule has 0 aliphatic carbocycles. The smallest absolute Gasteiger partial charge is 0.245 e. The van der Waals surface area contributed by atoms with Gasteiger partial charge in [0.2, 0.25) is 17.7 Å². The van der Waals surface area contributed by atoms with Gasteiger partial charge in [-0.2, -0.15) is 5.10 Å². The maximum absolute atomic E-state index is 11.9. The number of imide groups is 1. The van der Waals surface area contributed by atoms with E-state index in [4.69, 9.17) is 0 Å². The molecule has 3 rings (SSSR count). The highest BCUT2D eigenvalue weighted by atomic mass is 16.2. The normalized spacial score (nSPS) is 14.5. The van der Waals surface area contributed by atoms with Crippen LogP contribution in [0.4, 0.5) is 5.82 Å². The van der Waals surface area contributed by atoms with E-state index in [1.54, 1.807) is 0 Å². The Balaban J connectivity index is 1.68. The van der Waals surface area contributed by atoms with Crippen LogP contribution < -0.4 is 5.32 Å². The van der Waals surface area contributed by atoms with Gasteiger partial charge in [-0.25, -0.2) is 19.6 Å². The second kappa shape index (κ2) is 5.68. The summed E-state index contributed by atoms with van der Waals surface area (Å²) < 4.78 is 1.41. The second-order valence-electron chi connectivity index (χ2n) is 4.52. The van der Waals surface area contributed by atoms with Gasteiger partial charge in [0, 0.05) is 18.9 Å². The van der Waals surface area contributed by atoms with Crippen LogP contribution >= 0.6 is 0 Å². The average Bonchev–Trinajstić information content (AvgIpc) is 3.13. The van der Waals surface area contributed by atoms with Crippen molar-refractivity contribution in [1.29, 1.82) is 0 Å². The van der Waals surface area contributed by atoms with Crippen LogP contribution in [0.15, 0.2) is 25.0 Å².